The fourth-order valence-corrected chi connectivity index (χ4v) is 6.97. The molecule has 2 heterocycles. The zero-order valence-electron chi connectivity index (χ0n) is 21.9. The molecule has 0 aliphatic carbocycles. The van der Waals surface area contributed by atoms with E-state index in [2.05, 4.69) is 0 Å². The molecule has 2 aliphatic rings. The van der Waals surface area contributed by atoms with Crippen LogP contribution in [0.2, 0.25) is 0 Å². The van der Waals surface area contributed by atoms with Crippen molar-refractivity contribution in [3.05, 3.63) is 70.8 Å². The first-order valence-electron chi connectivity index (χ1n) is 12.8. The highest BCUT2D eigenvalue weighted by atomic mass is 16.3. The van der Waals surface area contributed by atoms with Gasteiger partial charge in [0, 0.05) is 38.6 Å². The third-order valence-electron chi connectivity index (χ3n) is 8.14. The molecule has 2 aliphatic heterocycles. The molecule has 7 rings (SSSR count). The van der Waals surface area contributed by atoms with Gasteiger partial charge in [0.2, 0.25) is 19.8 Å². The van der Waals surface area contributed by atoms with Crippen molar-refractivity contribution in [1.29, 1.82) is 0 Å². The van der Waals surface area contributed by atoms with Crippen molar-refractivity contribution in [3.8, 4) is 0 Å². The molecular weight excluding hydrogens is 491 g/mol. The average molecular weight is 514 g/mol. The Bertz CT molecular complexity index is 1880. The minimum Gasteiger partial charge on any atom is -0.390 e. The smallest absolute Gasteiger partial charge is 0.261 e. The van der Waals surface area contributed by atoms with Crippen molar-refractivity contribution in [2.75, 3.05) is 0 Å². The Labute approximate surface area is 224 Å². The number of nitrogens with zero attached hydrogens (tertiary/aromatic N) is 2. The van der Waals surface area contributed by atoms with E-state index in [1.807, 2.05) is 24.3 Å². The number of aliphatic hydroxyl groups is 1. The van der Waals surface area contributed by atoms with Crippen molar-refractivity contribution >= 4 is 74.7 Å². The first-order valence-corrected chi connectivity index (χ1v) is 12.8. The summed E-state index contributed by atoms with van der Waals surface area (Å²) in [7, 11) is 5.78. The summed E-state index contributed by atoms with van der Waals surface area (Å²) in [5, 5.41) is 16.5. The number of rotatable bonds is 3. The molecule has 0 atom stereocenters. The van der Waals surface area contributed by atoms with Gasteiger partial charge >= 0.3 is 0 Å². The van der Waals surface area contributed by atoms with Crippen molar-refractivity contribution < 1.29 is 24.3 Å². The normalized spacial score (nSPS) is 16.1. The number of carbonyl (C=O) groups is 4. The fraction of sp³-hybridized carbons (Fsp3) is 0.226. The van der Waals surface area contributed by atoms with Crippen molar-refractivity contribution in [2.45, 2.75) is 45.3 Å². The molecule has 5 aromatic rings. The maximum Gasteiger partial charge on any atom is 0.261 e. The van der Waals surface area contributed by atoms with Gasteiger partial charge in [-0.3, -0.25) is 24.1 Å². The molecule has 0 aromatic heterocycles. The zero-order valence-corrected chi connectivity index (χ0v) is 21.9. The van der Waals surface area contributed by atoms with Gasteiger partial charge in [0.1, 0.15) is 0 Å². The Morgan fingerprint density at radius 1 is 0.590 bits per heavy atom. The molecule has 8 heteroatoms. The first-order chi connectivity index (χ1) is 18.3. The van der Waals surface area contributed by atoms with E-state index in [1.165, 1.54) is 4.90 Å². The van der Waals surface area contributed by atoms with Crippen LogP contribution in [-0.2, 0) is 0 Å². The van der Waals surface area contributed by atoms with E-state index in [-0.39, 0.29) is 6.42 Å². The lowest BCUT2D eigenvalue weighted by atomic mass is 9.80. The second-order valence-corrected chi connectivity index (χ2v) is 11.9. The Balaban J connectivity index is 1.57. The largest absolute Gasteiger partial charge is 0.390 e. The van der Waals surface area contributed by atoms with Gasteiger partial charge in [0.15, 0.2) is 0 Å². The van der Waals surface area contributed by atoms with E-state index >= 15 is 0 Å². The molecule has 1 N–H and O–H groups in total. The van der Waals surface area contributed by atoms with Crippen LogP contribution in [0.1, 0.15) is 75.5 Å². The van der Waals surface area contributed by atoms with Gasteiger partial charge in [-0.15, -0.1) is 0 Å². The van der Waals surface area contributed by atoms with Crippen molar-refractivity contribution in [3.63, 3.8) is 0 Å². The summed E-state index contributed by atoms with van der Waals surface area (Å²) < 4.78 is 0. The minimum absolute atomic E-state index is 0.212. The third kappa shape index (κ3) is 2.92. The fourth-order valence-electron chi connectivity index (χ4n) is 6.97. The average Bonchev–Trinajstić information content (AvgIpc) is 2.86. The van der Waals surface area contributed by atoms with Crippen LogP contribution in [0.25, 0.3) is 43.1 Å². The molecule has 0 spiro atoms. The molecule has 5 aromatic carbocycles. The van der Waals surface area contributed by atoms with Crippen LogP contribution in [0.5, 0.6) is 0 Å². The topological polar surface area (TPSA) is 95.0 Å². The molecule has 190 valence electrons. The molecule has 4 amide bonds. The predicted molar refractivity (Wildman–Crippen MR) is 149 cm³/mol. The predicted octanol–water partition coefficient (Wildman–Crippen LogP) is 4.95. The van der Waals surface area contributed by atoms with Gasteiger partial charge in [-0.25, -0.2) is 0 Å². The van der Waals surface area contributed by atoms with E-state index in [4.69, 9.17) is 7.98 Å². The first kappa shape index (κ1) is 23.8. The maximum absolute atomic E-state index is 13.9. The van der Waals surface area contributed by atoms with Gasteiger partial charge in [0.05, 0.1) is 5.60 Å². The molecule has 39 heavy (non-hydrogen) atoms. The summed E-state index contributed by atoms with van der Waals surface area (Å²) in [4.78, 5) is 55.4. The molecular formula is C31H23BN2O5. The lowest BCUT2D eigenvalue weighted by molar-refractivity contribution is 0.00624. The summed E-state index contributed by atoms with van der Waals surface area (Å²) >= 11 is 0. The quantitative estimate of drug-likeness (QED) is 0.159. The van der Waals surface area contributed by atoms with Crippen LogP contribution in [0.15, 0.2) is 48.5 Å². The van der Waals surface area contributed by atoms with E-state index < -0.39 is 34.8 Å². The Kier molecular flexibility index (Phi) is 4.40. The van der Waals surface area contributed by atoms with E-state index in [0.717, 1.165) is 32.3 Å². The van der Waals surface area contributed by atoms with Crippen LogP contribution in [0.4, 0.5) is 0 Å². The van der Waals surface area contributed by atoms with Gasteiger partial charge in [-0.2, -0.15) is 0 Å². The van der Waals surface area contributed by atoms with Crippen LogP contribution in [0, 0.1) is 0 Å². The van der Waals surface area contributed by atoms with E-state index in [0.29, 0.717) is 37.8 Å². The standard InChI is InChI=1S/C31H23BN2O5/c1-30(2,13-31(3,4)39)33-26(35)18-9-5-14-16-7-11-20-25-21(29(38)34(32)28(20)37)12-8-17(23(16)25)15-6-10-19(27(33)36)24(18)22(14)15/h5-12,39H,13H2,1-4H3. The Morgan fingerprint density at radius 3 is 1.26 bits per heavy atom. The molecule has 0 unspecified atom stereocenters. The molecule has 2 radical (unpaired) electrons. The van der Waals surface area contributed by atoms with Gasteiger partial charge < -0.3 is 9.92 Å². The highest BCUT2D eigenvalue weighted by molar-refractivity contribution is 6.43. The second-order valence-electron chi connectivity index (χ2n) is 11.9. The minimum atomic E-state index is -1.08. The monoisotopic (exact) mass is 514 g/mol. The maximum atomic E-state index is 13.9. The highest BCUT2D eigenvalue weighted by Crippen LogP contribution is 2.46. The molecule has 0 fully saturated rings. The van der Waals surface area contributed by atoms with E-state index in [1.54, 1.807) is 52.0 Å². The van der Waals surface area contributed by atoms with Gasteiger partial charge in [-0.1, -0.05) is 24.3 Å². The molecule has 0 saturated carbocycles. The summed E-state index contributed by atoms with van der Waals surface area (Å²) in [6.45, 7) is 6.89. The second kappa shape index (κ2) is 7.21. The van der Waals surface area contributed by atoms with Crippen molar-refractivity contribution in [1.82, 2.24) is 9.71 Å². The SMILES string of the molecule is [B]N1C(=O)c2ccc3c4ccc5c6c(ccc(c7ccc(c2c37)C1=O)c64)C(=O)N(C(C)(C)CC(C)(C)O)C5=O. The zero-order chi connectivity index (χ0) is 27.8. The highest BCUT2D eigenvalue weighted by Gasteiger charge is 2.44. The number of hydrogen-bond donors (Lipinski definition) is 1. The van der Waals surface area contributed by atoms with Gasteiger partial charge in [0.25, 0.3) is 11.8 Å². The molecule has 0 bridgehead atoms. The lowest BCUT2D eigenvalue weighted by Gasteiger charge is -2.42. The van der Waals surface area contributed by atoms with Crippen LogP contribution < -0.4 is 0 Å². The van der Waals surface area contributed by atoms with Crippen LogP contribution >= 0.6 is 0 Å². The number of hydrogen-bond acceptors (Lipinski definition) is 5. The van der Waals surface area contributed by atoms with Crippen molar-refractivity contribution in [2.24, 2.45) is 0 Å². The summed E-state index contributed by atoms with van der Waals surface area (Å²) in [5.74, 6) is -1.92. The van der Waals surface area contributed by atoms with Gasteiger partial charge in [-0.05, 0) is 90.7 Å². The number of carbonyl (C=O) groups excluding carboxylic acids is 4. The van der Waals surface area contributed by atoms with E-state index in [9.17, 15) is 24.3 Å². The number of amides is 4. The number of fused-ring (bicyclic) bond motifs is 2. The summed E-state index contributed by atoms with van der Waals surface area (Å²) in [5.41, 5.74) is -0.451. The Morgan fingerprint density at radius 2 is 0.923 bits per heavy atom. The Hall–Kier alpha value is -4.30. The number of imide groups is 2. The third-order valence-corrected chi connectivity index (χ3v) is 8.14. The van der Waals surface area contributed by atoms with Crippen LogP contribution in [0.3, 0.4) is 0 Å². The summed E-state index contributed by atoms with van der Waals surface area (Å²) in [6.07, 6.45) is 0.212. The van der Waals surface area contributed by atoms with Crippen LogP contribution in [-0.4, -0.2) is 57.6 Å². The number of benzene rings is 5. The molecule has 0 saturated heterocycles. The molecule has 7 nitrogen and oxygen atoms in total. The summed E-state index contributed by atoms with van der Waals surface area (Å²) in [6, 6.07) is 14.3. The lowest BCUT2D eigenvalue weighted by Crippen LogP contribution is -2.55.